The highest BCUT2D eigenvalue weighted by atomic mass is 79.9. The van der Waals surface area contributed by atoms with Gasteiger partial charge in [-0.1, -0.05) is 39.3 Å². The van der Waals surface area contributed by atoms with Gasteiger partial charge in [0.15, 0.2) is 0 Å². The quantitative estimate of drug-likeness (QED) is 0.852. The molecule has 1 aliphatic rings. The molecule has 0 radical (unpaired) electrons. The van der Waals surface area contributed by atoms with Crippen molar-refractivity contribution >= 4 is 21.8 Å². The minimum absolute atomic E-state index is 0.216. The van der Waals surface area contributed by atoms with Crippen molar-refractivity contribution in [1.82, 2.24) is 19.9 Å². The Morgan fingerprint density at radius 2 is 2.24 bits per heavy atom. The second kappa shape index (κ2) is 6.39. The average molecular weight is 349 g/mol. The monoisotopic (exact) mass is 348 g/mol. The molecule has 0 spiro atoms. The Kier molecular flexibility index (Phi) is 4.34. The summed E-state index contributed by atoms with van der Waals surface area (Å²) in [6.07, 6.45) is 5.80. The zero-order valence-corrected chi connectivity index (χ0v) is 13.2. The fraction of sp³-hybridized carbons (Fsp3) is 0.400. The van der Waals surface area contributed by atoms with Crippen molar-refractivity contribution in [2.75, 3.05) is 13.1 Å². The highest BCUT2D eigenvalue weighted by molar-refractivity contribution is 9.10. The first-order valence-electron chi connectivity index (χ1n) is 7.11. The second-order valence-corrected chi connectivity index (χ2v) is 6.11. The summed E-state index contributed by atoms with van der Waals surface area (Å²) in [5, 5.41) is 7.85. The number of likely N-dealkylation sites (tertiary alicyclic amines) is 1. The summed E-state index contributed by atoms with van der Waals surface area (Å²) < 4.78 is 2.92. The molecule has 0 aliphatic carbocycles. The van der Waals surface area contributed by atoms with Crippen LogP contribution in [0.5, 0.6) is 0 Å². The summed E-state index contributed by atoms with van der Waals surface area (Å²) in [5.74, 6) is 0.216. The molecule has 2 aromatic rings. The summed E-state index contributed by atoms with van der Waals surface area (Å²) >= 11 is 3.52. The average Bonchev–Trinajstić information content (AvgIpc) is 3.16. The molecule has 6 heteroatoms. The van der Waals surface area contributed by atoms with Gasteiger partial charge >= 0.3 is 0 Å². The molecule has 2 heterocycles. The number of amides is 1. The largest absolute Gasteiger partial charge is 0.340 e. The number of rotatable bonds is 4. The molecule has 0 bridgehead atoms. The molecular formula is C15H17BrN4O. The number of benzene rings is 1. The molecule has 1 aromatic heterocycles. The van der Waals surface area contributed by atoms with Crippen LogP contribution in [0.3, 0.4) is 0 Å². The zero-order valence-electron chi connectivity index (χ0n) is 11.7. The predicted molar refractivity (Wildman–Crippen MR) is 82.7 cm³/mol. The SMILES string of the molecule is O=C(CCc1ccccc1Br)N1CCC(n2ccnn2)C1. The maximum Gasteiger partial charge on any atom is 0.222 e. The highest BCUT2D eigenvalue weighted by Gasteiger charge is 2.27. The lowest BCUT2D eigenvalue weighted by Gasteiger charge is -2.16. The molecule has 21 heavy (non-hydrogen) atoms. The van der Waals surface area contributed by atoms with Gasteiger partial charge < -0.3 is 4.90 Å². The Morgan fingerprint density at radius 3 is 3.00 bits per heavy atom. The molecule has 1 atom stereocenters. The second-order valence-electron chi connectivity index (χ2n) is 5.26. The lowest BCUT2D eigenvalue weighted by molar-refractivity contribution is -0.130. The van der Waals surface area contributed by atoms with Crippen LogP contribution in [0.4, 0.5) is 0 Å². The van der Waals surface area contributed by atoms with Gasteiger partial charge in [0.1, 0.15) is 0 Å². The Bertz CT molecular complexity index is 614. The Labute approximate surface area is 132 Å². The van der Waals surface area contributed by atoms with Crippen LogP contribution in [-0.4, -0.2) is 38.9 Å². The molecule has 1 aliphatic heterocycles. The van der Waals surface area contributed by atoms with Crippen molar-refractivity contribution in [3.8, 4) is 0 Å². The van der Waals surface area contributed by atoms with E-state index in [0.29, 0.717) is 6.42 Å². The maximum absolute atomic E-state index is 12.3. The van der Waals surface area contributed by atoms with Crippen molar-refractivity contribution in [2.24, 2.45) is 0 Å². The Morgan fingerprint density at radius 1 is 1.38 bits per heavy atom. The van der Waals surface area contributed by atoms with Gasteiger partial charge in [-0.05, 0) is 24.5 Å². The minimum Gasteiger partial charge on any atom is -0.340 e. The first kappa shape index (κ1) is 14.3. The number of aryl methyl sites for hydroxylation is 1. The maximum atomic E-state index is 12.3. The van der Waals surface area contributed by atoms with Gasteiger partial charge in [0.25, 0.3) is 0 Å². The van der Waals surface area contributed by atoms with Crippen LogP contribution in [0.2, 0.25) is 0 Å². The molecule has 0 saturated carbocycles. The zero-order chi connectivity index (χ0) is 14.7. The Balaban J connectivity index is 1.54. The van der Waals surface area contributed by atoms with Crippen molar-refractivity contribution in [1.29, 1.82) is 0 Å². The van der Waals surface area contributed by atoms with E-state index < -0.39 is 0 Å². The lowest BCUT2D eigenvalue weighted by atomic mass is 10.1. The number of hydrogen-bond acceptors (Lipinski definition) is 3. The number of halogens is 1. The van der Waals surface area contributed by atoms with E-state index in [1.807, 2.05) is 34.0 Å². The predicted octanol–water partition coefficient (Wildman–Crippen LogP) is 2.45. The molecular weight excluding hydrogens is 332 g/mol. The van der Waals surface area contributed by atoms with E-state index >= 15 is 0 Å². The van der Waals surface area contributed by atoms with Crippen LogP contribution in [0, 0.1) is 0 Å². The number of carbonyl (C=O) groups excluding carboxylic acids is 1. The van der Waals surface area contributed by atoms with Crippen molar-refractivity contribution in [3.05, 3.63) is 46.7 Å². The van der Waals surface area contributed by atoms with Crippen LogP contribution in [0.25, 0.3) is 0 Å². The van der Waals surface area contributed by atoms with Gasteiger partial charge in [-0.3, -0.25) is 4.79 Å². The molecule has 1 unspecified atom stereocenters. The molecule has 0 N–H and O–H groups in total. The van der Waals surface area contributed by atoms with Gasteiger partial charge in [-0.25, -0.2) is 4.68 Å². The number of aromatic nitrogens is 3. The summed E-state index contributed by atoms with van der Waals surface area (Å²) in [6, 6.07) is 8.32. The van der Waals surface area contributed by atoms with E-state index in [1.54, 1.807) is 6.20 Å². The van der Waals surface area contributed by atoms with E-state index in [9.17, 15) is 4.79 Å². The first-order chi connectivity index (χ1) is 10.2. The van der Waals surface area contributed by atoms with E-state index in [4.69, 9.17) is 0 Å². The van der Waals surface area contributed by atoms with Gasteiger partial charge in [-0.2, -0.15) is 0 Å². The molecule has 1 saturated heterocycles. The van der Waals surface area contributed by atoms with Crippen LogP contribution < -0.4 is 0 Å². The molecule has 3 rings (SSSR count). The van der Waals surface area contributed by atoms with Crippen LogP contribution in [-0.2, 0) is 11.2 Å². The van der Waals surface area contributed by atoms with E-state index in [2.05, 4.69) is 32.3 Å². The lowest BCUT2D eigenvalue weighted by Crippen LogP contribution is -2.29. The first-order valence-corrected chi connectivity index (χ1v) is 7.90. The van der Waals surface area contributed by atoms with Crippen LogP contribution >= 0.6 is 15.9 Å². The van der Waals surface area contributed by atoms with Gasteiger partial charge in [0, 0.05) is 30.2 Å². The molecule has 1 aromatic carbocycles. The number of carbonyl (C=O) groups is 1. The van der Waals surface area contributed by atoms with Gasteiger partial charge in [0.05, 0.1) is 12.2 Å². The number of nitrogens with zero attached hydrogens (tertiary/aromatic N) is 4. The van der Waals surface area contributed by atoms with Crippen molar-refractivity contribution < 1.29 is 4.79 Å². The highest BCUT2D eigenvalue weighted by Crippen LogP contribution is 2.22. The molecule has 110 valence electrons. The van der Waals surface area contributed by atoms with E-state index in [1.165, 1.54) is 5.56 Å². The third-order valence-corrected chi connectivity index (χ3v) is 4.67. The van der Waals surface area contributed by atoms with Crippen molar-refractivity contribution in [3.63, 3.8) is 0 Å². The van der Waals surface area contributed by atoms with Crippen LogP contribution in [0.1, 0.15) is 24.4 Å². The molecule has 1 fully saturated rings. The summed E-state index contributed by atoms with van der Waals surface area (Å²) in [4.78, 5) is 14.2. The molecule has 1 amide bonds. The fourth-order valence-corrected chi connectivity index (χ4v) is 3.18. The summed E-state index contributed by atoms with van der Waals surface area (Å²) in [5.41, 5.74) is 1.18. The number of hydrogen-bond donors (Lipinski definition) is 0. The summed E-state index contributed by atoms with van der Waals surface area (Å²) in [6.45, 7) is 1.54. The van der Waals surface area contributed by atoms with Crippen molar-refractivity contribution in [2.45, 2.75) is 25.3 Å². The van der Waals surface area contributed by atoms with E-state index in [0.717, 1.165) is 30.4 Å². The third kappa shape index (κ3) is 3.32. The van der Waals surface area contributed by atoms with Gasteiger partial charge in [0.2, 0.25) is 5.91 Å². The minimum atomic E-state index is 0.216. The normalized spacial score (nSPS) is 18.1. The standard InChI is InChI=1S/C15H17BrN4O/c16-14-4-2-1-3-12(14)5-6-15(21)19-9-7-13(11-19)20-10-8-17-18-20/h1-4,8,10,13H,5-7,9,11H2. The van der Waals surface area contributed by atoms with Gasteiger partial charge in [-0.15, -0.1) is 5.10 Å². The van der Waals surface area contributed by atoms with Crippen LogP contribution in [0.15, 0.2) is 41.1 Å². The topological polar surface area (TPSA) is 51.0 Å². The Hall–Kier alpha value is -1.69. The smallest absolute Gasteiger partial charge is 0.222 e. The van der Waals surface area contributed by atoms with E-state index in [-0.39, 0.29) is 11.9 Å². The third-order valence-electron chi connectivity index (χ3n) is 3.90. The summed E-state index contributed by atoms with van der Waals surface area (Å²) in [7, 11) is 0. The molecule has 5 nitrogen and oxygen atoms in total. The fourth-order valence-electron chi connectivity index (χ4n) is 2.70.